The van der Waals surface area contributed by atoms with Crippen LogP contribution in [0.5, 0.6) is 5.75 Å². The molecular weight excluding hydrogens is 308 g/mol. The van der Waals surface area contributed by atoms with Crippen LogP contribution in [0.3, 0.4) is 0 Å². The van der Waals surface area contributed by atoms with Gasteiger partial charge >= 0.3 is 5.69 Å². The Balaban J connectivity index is 1.99. The number of para-hydroxylation sites is 1. The summed E-state index contributed by atoms with van der Waals surface area (Å²) in [6.45, 7) is 0.634. The molecule has 1 aliphatic heterocycles. The topological polar surface area (TPSA) is 72.7 Å². The Morgan fingerprint density at radius 1 is 1.21 bits per heavy atom. The molecule has 0 radical (unpaired) electrons. The lowest BCUT2D eigenvalue weighted by Crippen LogP contribution is -2.31. The zero-order valence-corrected chi connectivity index (χ0v) is 13.4. The van der Waals surface area contributed by atoms with Crippen LogP contribution in [0.2, 0.25) is 0 Å². The van der Waals surface area contributed by atoms with E-state index in [1.54, 1.807) is 4.90 Å². The minimum absolute atomic E-state index is 0.0916. The normalized spacial score (nSPS) is 13.8. The first kappa shape index (κ1) is 16.0. The Labute approximate surface area is 139 Å². The van der Waals surface area contributed by atoms with Crippen molar-refractivity contribution < 1.29 is 14.5 Å². The number of fused-ring (bicyclic) bond motifs is 1. The summed E-state index contributed by atoms with van der Waals surface area (Å²) in [5, 5.41) is 11.0. The predicted octanol–water partition coefficient (Wildman–Crippen LogP) is 3.59. The standard InChI is InChI=1S/C18H18N2O4/c1-24-17-12-14(9-10-16(17)20(22)23)18(21)19-11-5-4-7-13-6-2-3-8-15(13)19/h2-3,6,8-10,12H,4-5,7,11H2,1H3. The van der Waals surface area contributed by atoms with E-state index in [1.807, 2.05) is 24.3 Å². The largest absolute Gasteiger partial charge is 0.490 e. The lowest BCUT2D eigenvalue weighted by molar-refractivity contribution is -0.385. The van der Waals surface area contributed by atoms with Crippen molar-refractivity contribution in [2.75, 3.05) is 18.6 Å². The second kappa shape index (κ2) is 6.70. The summed E-state index contributed by atoms with van der Waals surface area (Å²) in [5.41, 5.74) is 2.30. The number of amides is 1. The molecule has 0 saturated carbocycles. The van der Waals surface area contributed by atoms with E-state index in [0.717, 1.165) is 30.5 Å². The van der Waals surface area contributed by atoms with Crippen molar-refractivity contribution in [2.45, 2.75) is 19.3 Å². The molecule has 0 unspecified atom stereocenters. The van der Waals surface area contributed by atoms with Crippen molar-refractivity contribution in [2.24, 2.45) is 0 Å². The first-order chi connectivity index (χ1) is 11.6. The lowest BCUT2D eigenvalue weighted by Gasteiger charge is -2.23. The van der Waals surface area contributed by atoms with E-state index in [-0.39, 0.29) is 17.3 Å². The van der Waals surface area contributed by atoms with Crippen LogP contribution in [0.25, 0.3) is 0 Å². The third-order valence-corrected chi connectivity index (χ3v) is 4.23. The number of ether oxygens (including phenoxy) is 1. The maximum Gasteiger partial charge on any atom is 0.310 e. The van der Waals surface area contributed by atoms with Gasteiger partial charge in [0.1, 0.15) is 0 Å². The molecule has 0 bridgehead atoms. The molecule has 2 aromatic carbocycles. The van der Waals surface area contributed by atoms with Gasteiger partial charge < -0.3 is 9.64 Å². The maximum atomic E-state index is 13.0. The van der Waals surface area contributed by atoms with Gasteiger partial charge in [0.2, 0.25) is 0 Å². The van der Waals surface area contributed by atoms with E-state index in [1.165, 1.54) is 25.3 Å². The fourth-order valence-corrected chi connectivity index (χ4v) is 3.02. The van der Waals surface area contributed by atoms with E-state index in [9.17, 15) is 14.9 Å². The molecule has 1 amide bonds. The maximum absolute atomic E-state index is 13.0. The molecule has 6 nitrogen and oxygen atoms in total. The van der Waals surface area contributed by atoms with Crippen LogP contribution in [0.4, 0.5) is 11.4 Å². The van der Waals surface area contributed by atoms with Crippen molar-refractivity contribution in [3.8, 4) is 5.75 Å². The summed E-state index contributed by atoms with van der Waals surface area (Å²) >= 11 is 0. The summed E-state index contributed by atoms with van der Waals surface area (Å²) in [6.07, 6.45) is 2.90. The first-order valence-corrected chi connectivity index (χ1v) is 7.84. The number of anilines is 1. The van der Waals surface area contributed by atoms with Gasteiger partial charge in [-0.1, -0.05) is 18.2 Å². The number of benzene rings is 2. The van der Waals surface area contributed by atoms with Crippen LogP contribution < -0.4 is 9.64 Å². The molecule has 1 aliphatic rings. The molecule has 0 atom stereocenters. The van der Waals surface area contributed by atoms with Gasteiger partial charge in [-0.3, -0.25) is 14.9 Å². The van der Waals surface area contributed by atoms with Gasteiger partial charge in [-0.15, -0.1) is 0 Å². The average molecular weight is 326 g/mol. The Morgan fingerprint density at radius 3 is 2.75 bits per heavy atom. The van der Waals surface area contributed by atoms with Gasteiger partial charge in [-0.2, -0.15) is 0 Å². The number of rotatable bonds is 3. The van der Waals surface area contributed by atoms with Crippen molar-refractivity contribution in [3.63, 3.8) is 0 Å². The number of nitro groups is 1. The molecule has 2 aromatic rings. The zero-order chi connectivity index (χ0) is 17.1. The molecule has 6 heteroatoms. The van der Waals surface area contributed by atoms with Crippen molar-refractivity contribution in [1.29, 1.82) is 0 Å². The Morgan fingerprint density at radius 2 is 2.00 bits per heavy atom. The van der Waals surface area contributed by atoms with Crippen molar-refractivity contribution in [3.05, 3.63) is 63.7 Å². The molecular formula is C18H18N2O4. The van der Waals surface area contributed by atoms with Crippen LogP contribution in [0.1, 0.15) is 28.8 Å². The quantitative estimate of drug-likeness (QED) is 0.638. The molecule has 1 heterocycles. The lowest BCUT2D eigenvalue weighted by atomic mass is 10.1. The zero-order valence-electron chi connectivity index (χ0n) is 13.4. The number of hydrogen-bond donors (Lipinski definition) is 0. The molecule has 0 saturated heterocycles. The highest BCUT2D eigenvalue weighted by molar-refractivity contribution is 6.07. The monoisotopic (exact) mass is 326 g/mol. The van der Waals surface area contributed by atoms with Gasteiger partial charge in [-0.05, 0) is 37.0 Å². The van der Waals surface area contributed by atoms with Crippen LogP contribution >= 0.6 is 0 Å². The summed E-state index contributed by atoms with van der Waals surface area (Å²) in [7, 11) is 1.36. The minimum atomic E-state index is -0.520. The van der Waals surface area contributed by atoms with Crippen LogP contribution in [0, 0.1) is 10.1 Å². The predicted molar refractivity (Wildman–Crippen MR) is 90.7 cm³/mol. The Bertz CT molecular complexity index is 788. The van der Waals surface area contributed by atoms with Gasteiger partial charge in [0.05, 0.1) is 12.0 Å². The third-order valence-electron chi connectivity index (χ3n) is 4.23. The van der Waals surface area contributed by atoms with Crippen molar-refractivity contribution in [1.82, 2.24) is 0 Å². The number of nitrogens with zero attached hydrogens (tertiary/aromatic N) is 2. The highest BCUT2D eigenvalue weighted by Crippen LogP contribution is 2.31. The number of hydrogen-bond acceptors (Lipinski definition) is 4. The minimum Gasteiger partial charge on any atom is -0.490 e. The van der Waals surface area contributed by atoms with Gasteiger partial charge in [-0.25, -0.2) is 0 Å². The van der Waals surface area contributed by atoms with Gasteiger partial charge in [0, 0.05) is 29.9 Å². The smallest absolute Gasteiger partial charge is 0.310 e. The number of carbonyl (C=O) groups excluding carboxylic acids is 1. The highest BCUT2D eigenvalue weighted by atomic mass is 16.6. The molecule has 124 valence electrons. The summed E-state index contributed by atoms with van der Waals surface area (Å²) in [5.74, 6) is -0.0773. The van der Waals surface area contributed by atoms with E-state index in [2.05, 4.69) is 0 Å². The molecule has 0 aromatic heterocycles. The fraction of sp³-hybridized carbons (Fsp3) is 0.278. The number of carbonyl (C=O) groups is 1. The van der Waals surface area contributed by atoms with E-state index in [0.29, 0.717) is 12.1 Å². The average Bonchev–Trinajstić information content (AvgIpc) is 2.82. The first-order valence-electron chi connectivity index (χ1n) is 7.84. The molecule has 0 aliphatic carbocycles. The van der Waals surface area contributed by atoms with Crippen LogP contribution in [-0.4, -0.2) is 24.5 Å². The molecule has 0 N–H and O–H groups in total. The van der Waals surface area contributed by atoms with Gasteiger partial charge in [0.25, 0.3) is 5.91 Å². The number of methoxy groups -OCH3 is 1. The van der Waals surface area contributed by atoms with E-state index >= 15 is 0 Å². The van der Waals surface area contributed by atoms with E-state index < -0.39 is 4.92 Å². The fourth-order valence-electron chi connectivity index (χ4n) is 3.02. The summed E-state index contributed by atoms with van der Waals surface area (Å²) in [6, 6.07) is 12.1. The Kier molecular flexibility index (Phi) is 4.46. The number of aryl methyl sites for hydroxylation is 1. The third kappa shape index (κ3) is 2.95. The van der Waals surface area contributed by atoms with E-state index in [4.69, 9.17) is 4.74 Å². The molecule has 3 rings (SSSR count). The molecule has 0 spiro atoms. The summed E-state index contributed by atoms with van der Waals surface area (Å²) in [4.78, 5) is 25.2. The summed E-state index contributed by atoms with van der Waals surface area (Å²) < 4.78 is 5.07. The highest BCUT2D eigenvalue weighted by Gasteiger charge is 2.24. The second-order valence-corrected chi connectivity index (χ2v) is 5.69. The van der Waals surface area contributed by atoms with Crippen LogP contribution in [-0.2, 0) is 6.42 Å². The van der Waals surface area contributed by atoms with Crippen LogP contribution in [0.15, 0.2) is 42.5 Å². The second-order valence-electron chi connectivity index (χ2n) is 5.69. The molecule has 0 fully saturated rings. The SMILES string of the molecule is COc1cc(C(=O)N2CCCCc3ccccc32)ccc1[N+](=O)[O-]. The van der Waals surface area contributed by atoms with Crippen molar-refractivity contribution >= 4 is 17.3 Å². The Hall–Kier alpha value is -2.89. The molecule has 24 heavy (non-hydrogen) atoms. The number of nitro benzene ring substituents is 1. The van der Waals surface area contributed by atoms with Gasteiger partial charge in [0.15, 0.2) is 5.75 Å².